The van der Waals surface area contributed by atoms with Crippen molar-refractivity contribution in [2.75, 3.05) is 27.3 Å². The van der Waals surface area contributed by atoms with Crippen LogP contribution in [-0.2, 0) is 14.8 Å². The number of piperidine rings is 1. The Labute approximate surface area is 162 Å². The van der Waals surface area contributed by atoms with Gasteiger partial charge in [0.15, 0.2) is 0 Å². The monoisotopic (exact) mass is 398 g/mol. The predicted octanol–water partition coefficient (Wildman–Crippen LogP) is 2.41. The molecule has 0 radical (unpaired) electrons. The van der Waals surface area contributed by atoms with Gasteiger partial charge < -0.3 is 14.8 Å². The summed E-state index contributed by atoms with van der Waals surface area (Å²) in [7, 11) is -0.794. The lowest BCUT2D eigenvalue weighted by atomic mass is 9.96. The van der Waals surface area contributed by atoms with Gasteiger partial charge in [-0.2, -0.15) is 4.31 Å². The van der Waals surface area contributed by atoms with Crippen LogP contribution in [0.4, 0.5) is 0 Å². The second kappa shape index (κ2) is 9.41. The van der Waals surface area contributed by atoms with Crippen LogP contribution in [0.5, 0.6) is 11.5 Å². The predicted molar refractivity (Wildman–Crippen MR) is 104 cm³/mol. The standard InChI is InChI=1S/C19H30N2O5S/c1-5-6-14(2)20-19(22)15-9-11-21(12-10-15)27(23,24)18-13-16(25-3)7-8-17(18)26-4/h7-8,13-15H,5-6,9-12H2,1-4H3,(H,20,22)/t14-/m0/s1. The zero-order valence-electron chi connectivity index (χ0n) is 16.5. The number of nitrogens with zero attached hydrogens (tertiary/aromatic N) is 1. The molecule has 7 nitrogen and oxygen atoms in total. The lowest BCUT2D eigenvalue weighted by Crippen LogP contribution is -2.44. The lowest BCUT2D eigenvalue weighted by Gasteiger charge is -2.31. The maximum absolute atomic E-state index is 13.1. The van der Waals surface area contributed by atoms with Gasteiger partial charge in [0.25, 0.3) is 0 Å². The molecule has 1 N–H and O–H groups in total. The highest BCUT2D eigenvalue weighted by Gasteiger charge is 2.34. The molecular formula is C19H30N2O5S. The van der Waals surface area contributed by atoms with E-state index >= 15 is 0 Å². The van der Waals surface area contributed by atoms with Crippen LogP contribution < -0.4 is 14.8 Å². The van der Waals surface area contributed by atoms with Crippen molar-refractivity contribution in [3.8, 4) is 11.5 Å². The molecule has 8 heteroatoms. The third-order valence-corrected chi connectivity index (χ3v) is 6.84. The van der Waals surface area contributed by atoms with Gasteiger partial charge in [0, 0.05) is 31.1 Å². The minimum absolute atomic E-state index is 0.0203. The summed E-state index contributed by atoms with van der Waals surface area (Å²) < 4.78 is 37.9. The first-order chi connectivity index (χ1) is 12.8. The third-order valence-electron chi connectivity index (χ3n) is 4.92. The van der Waals surface area contributed by atoms with E-state index in [0.29, 0.717) is 31.7 Å². The summed E-state index contributed by atoms with van der Waals surface area (Å²) in [6, 6.07) is 4.86. The number of nitrogens with one attached hydrogen (secondary N) is 1. The molecule has 1 aromatic rings. The van der Waals surface area contributed by atoms with Crippen LogP contribution in [-0.4, -0.2) is 52.0 Å². The van der Waals surface area contributed by atoms with Gasteiger partial charge in [-0.15, -0.1) is 0 Å². The fourth-order valence-electron chi connectivity index (χ4n) is 3.35. The fourth-order valence-corrected chi connectivity index (χ4v) is 4.99. The van der Waals surface area contributed by atoms with Crippen molar-refractivity contribution in [2.45, 2.75) is 50.5 Å². The van der Waals surface area contributed by atoms with Crippen LogP contribution in [0.15, 0.2) is 23.1 Å². The molecule has 0 saturated carbocycles. The molecule has 1 amide bonds. The average molecular weight is 399 g/mol. The zero-order valence-corrected chi connectivity index (χ0v) is 17.3. The molecule has 27 heavy (non-hydrogen) atoms. The molecule has 1 aliphatic rings. The molecule has 0 aliphatic carbocycles. The quantitative estimate of drug-likeness (QED) is 0.727. The van der Waals surface area contributed by atoms with E-state index < -0.39 is 10.0 Å². The summed E-state index contributed by atoms with van der Waals surface area (Å²) in [4.78, 5) is 12.5. The van der Waals surface area contributed by atoms with Gasteiger partial charge in [0.2, 0.25) is 15.9 Å². The van der Waals surface area contributed by atoms with Crippen molar-refractivity contribution in [3.05, 3.63) is 18.2 Å². The molecule has 0 unspecified atom stereocenters. The second-order valence-electron chi connectivity index (χ2n) is 6.89. The molecule has 2 rings (SSSR count). The molecule has 0 spiro atoms. The Kier molecular flexibility index (Phi) is 7.49. The van der Waals surface area contributed by atoms with Crippen LogP contribution in [0.25, 0.3) is 0 Å². The van der Waals surface area contributed by atoms with Crippen LogP contribution in [0.1, 0.15) is 39.5 Å². The zero-order chi connectivity index (χ0) is 20.0. The number of hydrogen-bond acceptors (Lipinski definition) is 5. The van der Waals surface area contributed by atoms with Gasteiger partial charge in [0.05, 0.1) is 14.2 Å². The van der Waals surface area contributed by atoms with Crippen molar-refractivity contribution in [2.24, 2.45) is 5.92 Å². The summed E-state index contributed by atoms with van der Waals surface area (Å²) in [6.45, 7) is 4.70. The summed E-state index contributed by atoms with van der Waals surface area (Å²) in [5.41, 5.74) is 0. The molecule has 152 valence electrons. The highest BCUT2D eigenvalue weighted by Crippen LogP contribution is 2.32. The first kappa shape index (κ1) is 21.5. The Hall–Kier alpha value is -1.80. The van der Waals surface area contributed by atoms with Gasteiger partial charge >= 0.3 is 0 Å². The van der Waals surface area contributed by atoms with Crippen molar-refractivity contribution >= 4 is 15.9 Å². The number of carbonyl (C=O) groups excluding carboxylic acids is 1. The number of rotatable bonds is 8. The molecular weight excluding hydrogens is 368 g/mol. The number of methoxy groups -OCH3 is 2. The first-order valence-corrected chi connectivity index (χ1v) is 10.8. The second-order valence-corrected chi connectivity index (χ2v) is 8.80. The number of amides is 1. The topological polar surface area (TPSA) is 84.9 Å². The molecule has 1 atom stereocenters. The Balaban J connectivity index is 2.08. The fraction of sp³-hybridized carbons (Fsp3) is 0.632. The molecule has 0 bridgehead atoms. The molecule has 1 aromatic carbocycles. The Morgan fingerprint density at radius 1 is 1.26 bits per heavy atom. The van der Waals surface area contributed by atoms with E-state index in [9.17, 15) is 13.2 Å². The largest absolute Gasteiger partial charge is 0.497 e. The summed E-state index contributed by atoms with van der Waals surface area (Å²) in [6.07, 6.45) is 2.97. The van der Waals surface area contributed by atoms with Crippen molar-refractivity contribution in [1.82, 2.24) is 9.62 Å². The van der Waals surface area contributed by atoms with E-state index in [2.05, 4.69) is 12.2 Å². The first-order valence-electron chi connectivity index (χ1n) is 9.36. The summed E-state index contributed by atoms with van der Waals surface area (Å²) in [5, 5.41) is 3.03. The van der Waals surface area contributed by atoms with Gasteiger partial charge in [-0.3, -0.25) is 4.79 Å². The van der Waals surface area contributed by atoms with Gasteiger partial charge in [0.1, 0.15) is 16.4 Å². The molecule has 0 aromatic heterocycles. The number of hydrogen-bond donors (Lipinski definition) is 1. The highest BCUT2D eigenvalue weighted by atomic mass is 32.2. The summed E-state index contributed by atoms with van der Waals surface area (Å²) in [5.74, 6) is 0.604. The van der Waals surface area contributed by atoms with Crippen molar-refractivity contribution in [1.29, 1.82) is 0 Å². The van der Waals surface area contributed by atoms with E-state index in [1.807, 2.05) is 6.92 Å². The van der Waals surface area contributed by atoms with Crippen molar-refractivity contribution < 1.29 is 22.7 Å². The number of carbonyl (C=O) groups is 1. The van der Waals surface area contributed by atoms with Crippen LogP contribution in [0, 0.1) is 5.92 Å². The molecule has 1 fully saturated rings. The third kappa shape index (κ3) is 5.13. The van der Waals surface area contributed by atoms with Crippen molar-refractivity contribution in [3.63, 3.8) is 0 Å². The van der Waals surface area contributed by atoms with E-state index in [-0.39, 0.29) is 28.5 Å². The maximum Gasteiger partial charge on any atom is 0.246 e. The van der Waals surface area contributed by atoms with E-state index in [1.165, 1.54) is 24.6 Å². The summed E-state index contributed by atoms with van der Waals surface area (Å²) >= 11 is 0. The van der Waals surface area contributed by atoms with Crippen LogP contribution in [0.2, 0.25) is 0 Å². The van der Waals surface area contributed by atoms with E-state index in [0.717, 1.165) is 12.8 Å². The van der Waals surface area contributed by atoms with Crippen LogP contribution in [0.3, 0.4) is 0 Å². The van der Waals surface area contributed by atoms with Crippen LogP contribution >= 0.6 is 0 Å². The van der Waals surface area contributed by atoms with Gasteiger partial charge in [-0.05, 0) is 38.3 Å². The SMILES string of the molecule is CCC[C@H](C)NC(=O)C1CCN(S(=O)(=O)c2cc(OC)ccc2OC)CC1. The Morgan fingerprint density at radius 3 is 2.48 bits per heavy atom. The maximum atomic E-state index is 13.1. The Morgan fingerprint density at radius 2 is 1.93 bits per heavy atom. The van der Waals surface area contributed by atoms with Gasteiger partial charge in [-0.1, -0.05) is 13.3 Å². The smallest absolute Gasteiger partial charge is 0.246 e. The normalized spacial score (nSPS) is 17.3. The number of benzene rings is 1. The minimum atomic E-state index is -3.72. The Bertz CT molecular complexity index is 742. The molecule has 1 heterocycles. The lowest BCUT2D eigenvalue weighted by molar-refractivity contribution is -0.126. The molecule has 1 saturated heterocycles. The van der Waals surface area contributed by atoms with E-state index in [4.69, 9.17) is 9.47 Å². The average Bonchev–Trinajstić information content (AvgIpc) is 2.67. The number of sulfonamides is 1. The minimum Gasteiger partial charge on any atom is -0.497 e. The highest BCUT2D eigenvalue weighted by molar-refractivity contribution is 7.89. The molecule has 1 aliphatic heterocycles. The van der Waals surface area contributed by atoms with Gasteiger partial charge in [-0.25, -0.2) is 8.42 Å². The number of ether oxygens (including phenoxy) is 2. The van der Waals surface area contributed by atoms with E-state index in [1.54, 1.807) is 12.1 Å².